The van der Waals surface area contributed by atoms with Crippen LogP contribution in [0.15, 0.2) is 0 Å². The van der Waals surface area contributed by atoms with E-state index in [1.807, 2.05) is 0 Å². The minimum Gasteiger partial charge on any atom is -0.394 e. The maximum absolute atomic E-state index is 8.70. The van der Waals surface area contributed by atoms with Gasteiger partial charge < -0.3 is 21.3 Å². The van der Waals surface area contributed by atoms with Gasteiger partial charge in [0.25, 0.3) is 0 Å². The fourth-order valence-corrected chi connectivity index (χ4v) is 1.19. The van der Waals surface area contributed by atoms with E-state index in [0.717, 1.165) is 11.5 Å². The van der Waals surface area contributed by atoms with Gasteiger partial charge in [-0.05, 0) is 0 Å². The summed E-state index contributed by atoms with van der Waals surface area (Å²) in [4.78, 5) is 3.80. The Hall–Kier alpha value is -0.920. The Kier molecular flexibility index (Phi) is 3.20. The number of hydrogen-bond acceptors (Lipinski definition) is 7. The van der Waals surface area contributed by atoms with Crippen molar-refractivity contribution in [3.63, 3.8) is 0 Å². The smallest absolute Gasteiger partial charge is 0.233 e. The van der Waals surface area contributed by atoms with Crippen LogP contribution in [-0.4, -0.2) is 38.8 Å². The summed E-state index contributed by atoms with van der Waals surface area (Å²) in [7, 11) is 0. The second-order valence-electron chi connectivity index (χ2n) is 2.16. The molecule has 68 valence electrons. The molecule has 0 saturated heterocycles. The number of rotatable bonds is 4. The van der Waals surface area contributed by atoms with Crippen LogP contribution >= 0.6 is 11.5 Å². The van der Waals surface area contributed by atoms with Gasteiger partial charge in [-0.1, -0.05) is 0 Å². The van der Waals surface area contributed by atoms with Crippen molar-refractivity contribution >= 4 is 22.6 Å². The van der Waals surface area contributed by atoms with Gasteiger partial charge in [0.15, 0.2) is 0 Å². The standard InChI is InChI=1S/C5H10N4O2S/c6-4-8-5(12-9-4)7-3(1-10)2-11/h3,10-11H,1-2H2,(H3,6,7,8,9). The molecule has 0 amide bonds. The third kappa shape index (κ3) is 2.29. The third-order valence-electron chi connectivity index (χ3n) is 1.21. The van der Waals surface area contributed by atoms with Crippen molar-refractivity contribution in [2.45, 2.75) is 6.04 Å². The van der Waals surface area contributed by atoms with Crippen LogP contribution in [0.25, 0.3) is 0 Å². The van der Waals surface area contributed by atoms with Gasteiger partial charge in [0.1, 0.15) is 0 Å². The quantitative estimate of drug-likeness (QED) is 0.479. The summed E-state index contributed by atoms with van der Waals surface area (Å²) < 4.78 is 3.72. The first-order valence-electron chi connectivity index (χ1n) is 3.33. The lowest BCUT2D eigenvalue weighted by molar-refractivity contribution is 0.204. The van der Waals surface area contributed by atoms with E-state index in [2.05, 4.69) is 14.7 Å². The molecule has 5 N–H and O–H groups in total. The zero-order valence-corrected chi connectivity index (χ0v) is 7.08. The Labute approximate surface area is 73.2 Å². The van der Waals surface area contributed by atoms with Gasteiger partial charge in [-0.25, -0.2) is 0 Å². The predicted molar refractivity (Wildman–Crippen MR) is 45.9 cm³/mol. The summed E-state index contributed by atoms with van der Waals surface area (Å²) in [5, 5.41) is 20.7. The Morgan fingerprint density at radius 3 is 2.58 bits per heavy atom. The molecule has 6 nitrogen and oxygen atoms in total. The second kappa shape index (κ2) is 4.19. The van der Waals surface area contributed by atoms with Crippen LogP contribution in [0.3, 0.4) is 0 Å². The number of nitrogen functional groups attached to an aromatic ring is 1. The molecule has 1 heterocycles. The van der Waals surface area contributed by atoms with E-state index < -0.39 is 6.04 Å². The molecule has 0 spiro atoms. The van der Waals surface area contributed by atoms with E-state index in [9.17, 15) is 0 Å². The second-order valence-corrected chi connectivity index (χ2v) is 2.92. The Morgan fingerprint density at radius 2 is 2.17 bits per heavy atom. The molecule has 0 aliphatic rings. The van der Waals surface area contributed by atoms with Crippen molar-refractivity contribution in [2.75, 3.05) is 24.3 Å². The number of nitrogens with zero attached hydrogens (tertiary/aromatic N) is 2. The van der Waals surface area contributed by atoms with Crippen molar-refractivity contribution in [1.82, 2.24) is 9.36 Å². The molecule has 0 bridgehead atoms. The summed E-state index contributed by atoms with van der Waals surface area (Å²) in [5.74, 6) is 0.192. The van der Waals surface area contributed by atoms with Crippen LogP contribution < -0.4 is 11.1 Å². The fraction of sp³-hybridized carbons (Fsp3) is 0.600. The highest BCUT2D eigenvalue weighted by molar-refractivity contribution is 7.09. The van der Waals surface area contributed by atoms with E-state index in [1.54, 1.807) is 0 Å². The van der Waals surface area contributed by atoms with Crippen molar-refractivity contribution in [3.8, 4) is 0 Å². The number of aromatic nitrogens is 2. The molecule has 1 aromatic heterocycles. The van der Waals surface area contributed by atoms with Gasteiger partial charge in [0.05, 0.1) is 19.3 Å². The topological polar surface area (TPSA) is 104 Å². The summed E-state index contributed by atoms with van der Waals surface area (Å²) >= 11 is 1.09. The number of nitrogens with one attached hydrogen (secondary N) is 1. The molecule has 0 saturated carbocycles. The molecule has 12 heavy (non-hydrogen) atoms. The molecule has 1 rings (SSSR count). The highest BCUT2D eigenvalue weighted by Gasteiger charge is 2.07. The zero-order valence-electron chi connectivity index (χ0n) is 6.27. The molecule has 0 atom stereocenters. The average molecular weight is 190 g/mol. The van der Waals surface area contributed by atoms with E-state index in [0.29, 0.717) is 5.13 Å². The normalized spacial score (nSPS) is 10.6. The molecule has 0 radical (unpaired) electrons. The number of nitrogens with two attached hydrogens (primary N) is 1. The van der Waals surface area contributed by atoms with E-state index in [-0.39, 0.29) is 19.2 Å². The van der Waals surface area contributed by atoms with Gasteiger partial charge in [-0.2, -0.15) is 9.36 Å². The Balaban J connectivity index is 2.50. The van der Waals surface area contributed by atoms with E-state index in [1.165, 1.54) is 0 Å². The summed E-state index contributed by atoms with van der Waals surface area (Å²) in [5.41, 5.74) is 5.26. The maximum atomic E-state index is 8.70. The largest absolute Gasteiger partial charge is 0.394 e. The number of anilines is 2. The van der Waals surface area contributed by atoms with Crippen LogP contribution in [0.2, 0.25) is 0 Å². The summed E-state index contributed by atoms with van der Waals surface area (Å²) in [6.07, 6.45) is 0. The number of hydrogen-bond donors (Lipinski definition) is 4. The monoisotopic (exact) mass is 190 g/mol. The van der Waals surface area contributed by atoms with Gasteiger partial charge in [-0.15, -0.1) is 0 Å². The first-order valence-corrected chi connectivity index (χ1v) is 4.11. The van der Waals surface area contributed by atoms with Gasteiger partial charge in [-0.3, -0.25) is 0 Å². The highest BCUT2D eigenvalue weighted by Crippen LogP contribution is 2.12. The molecule has 0 aromatic carbocycles. The van der Waals surface area contributed by atoms with Crippen LogP contribution in [-0.2, 0) is 0 Å². The number of aliphatic hydroxyl groups excluding tert-OH is 2. The Bertz CT molecular complexity index is 237. The SMILES string of the molecule is Nc1nsc(NC(CO)CO)n1. The van der Waals surface area contributed by atoms with Crippen molar-refractivity contribution in [2.24, 2.45) is 0 Å². The van der Waals surface area contributed by atoms with Crippen LogP contribution in [0.1, 0.15) is 0 Å². The lowest BCUT2D eigenvalue weighted by Crippen LogP contribution is -2.27. The molecule has 0 aliphatic heterocycles. The molecule has 0 aliphatic carbocycles. The van der Waals surface area contributed by atoms with Crippen LogP contribution in [0.5, 0.6) is 0 Å². The highest BCUT2D eigenvalue weighted by atomic mass is 32.1. The minimum absolute atomic E-state index is 0.157. The first-order chi connectivity index (χ1) is 5.76. The summed E-state index contributed by atoms with van der Waals surface area (Å²) in [6, 6.07) is -0.405. The lowest BCUT2D eigenvalue weighted by Gasteiger charge is -2.10. The molecular formula is C5H10N4O2S. The van der Waals surface area contributed by atoms with E-state index in [4.69, 9.17) is 15.9 Å². The zero-order chi connectivity index (χ0) is 8.97. The first kappa shape index (κ1) is 9.17. The lowest BCUT2D eigenvalue weighted by atomic mass is 10.3. The maximum Gasteiger partial charge on any atom is 0.233 e. The fourth-order valence-electron chi connectivity index (χ4n) is 0.617. The minimum atomic E-state index is -0.405. The third-order valence-corrected chi connectivity index (χ3v) is 1.87. The average Bonchev–Trinajstić information content (AvgIpc) is 2.47. The molecular weight excluding hydrogens is 180 g/mol. The van der Waals surface area contributed by atoms with Crippen LogP contribution in [0, 0.1) is 0 Å². The predicted octanol–water partition coefficient (Wildman–Crippen LogP) is -1.11. The molecule has 1 aromatic rings. The molecule has 0 fully saturated rings. The van der Waals surface area contributed by atoms with Crippen molar-refractivity contribution in [1.29, 1.82) is 0 Å². The van der Waals surface area contributed by atoms with Crippen molar-refractivity contribution < 1.29 is 10.2 Å². The van der Waals surface area contributed by atoms with Crippen molar-refractivity contribution in [3.05, 3.63) is 0 Å². The van der Waals surface area contributed by atoms with Crippen LogP contribution in [0.4, 0.5) is 11.1 Å². The molecule has 7 heteroatoms. The van der Waals surface area contributed by atoms with Gasteiger partial charge in [0, 0.05) is 11.5 Å². The number of aliphatic hydroxyl groups is 2. The van der Waals surface area contributed by atoms with Gasteiger partial charge >= 0.3 is 0 Å². The molecule has 0 unspecified atom stereocenters. The summed E-state index contributed by atoms with van der Waals surface area (Å²) in [6.45, 7) is -0.314. The van der Waals surface area contributed by atoms with Gasteiger partial charge in [0.2, 0.25) is 11.1 Å². The van der Waals surface area contributed by atoms with E-state index >= 15 is 0 Å². The Morgan fingerprint density at radius 1 is 1.50 bits per heavy atom.